The highest BCUT2D eigenvalue weighted by atomic mass is 16.5. The minimum absolute atomic E-state index is 0.0907. The minimum atomic E-state index is -1.29. The molecule has 0 spiro atoms. The van der Waals surface area contributed by atoms with E-state index in [1.54, 1.807) is 6.07 Å². The van der Waals surface area contributed by atoms with Gasteiger partial charge in [-0.15, -0.1) is 0 Å². The van der Waals surface area contributed by atoms with E-state index in [9.17, 15) is 19.5 Å². The minimum Gasteiger partial charge on any atom is -0.481 e. The molecule has 8 heteroatoms. The van der Waals surface area contributed by atoms with Gasteiger partial charge in [-0.25, -0.2) is 0 Å². The van der Waals surface area contributed by atoms with Gasteiger partial charge < -0.3 is 25.6 Å². The number of anilines is 1. The van der Waals surface area contributed by atoms with Crippen molar-refractivity contribution in [2.24, 2.45) is 0 Å². The topological polar surface area (TPSA) is 125 Å². The van der Waals surface area contributed by atoms with Gasteiger partial charge >= 0.3 is 11.9 Å². The first-order chi connectivity index (χ1) is 16.8. The number of carboxylic acid groups (broad SMARTS) is 1. The number of carbonyl (C=O) groups excluding carboxylic acids is 2. The Balaban J connectivity index is 1.46. The van der Waals surface area contributed by atoms with Gasteiger partial charge in [0.1, 0.15) is 6.42 Å². The van der Waals surface area contributed by atoms with Crippen LogP contribution in [0.15, 0.2) is 24.3 Å². The van der Waals surface area contributed by atoms with Gasteiger partial charge in [0.15, 0.2) is 5.75 Å². The van der Waals surface area contributed by atoms with Crippen molar-refractivity contribution < 1.29 is 29.3 Å². The maximum atomic E-state index is 12.0. The SMILES string of the molecule is CCc1cc2c(cc1CC)CC(NCC(O)c1ccc(OC(=O)CC(=O)O)c3c1CCC(=O)N3)C2. The zero-order valence-electron chi connectivity index (χ0n) is 20.1. The molecule has 0 aromatic heterocycles. The molecule has 2 aromatic carbocycles. The second-order valence-electron chi connectivity index (χ2n) is 9.23. The number of hydrogen-bond acceptors (Lipinski definition) is 6. The number of benzene rings is 2. The molecule has 2 aliphatic rings. The zero-order chi connectivity index (χ0) is 25.1. The van der Waals surface area contributed by atoms with Crippen LogP contribution < -0.4 is 15.4 Å². The van der Waals surface area contributed by atoms with Crippen LogP contribution in [0.4, 0.5) is 5.69 Å². The van der Waals surface area contributed by atoms with Gasteiger partial charge in [-0.3, -0.25) is 14.4 Å². The lowest BCUT2D eigenvalue weighted by Crippen LogP contribution is -2.34. The molecule has 1 atom stereocenters. The largest absolute Gasteiger partial charge is 0.481 e. The number of aliphatic carboxylic acids is 1. The van der Waals surface area contributed by atoms with E-state index in [-0.39, 0.29) is 24.1 Å². The number of hydrogen-bond donors (Lipinski definition) is 4. The third-order valence-corrected chi connectivity index (χ3v) is 6.87. The lowest BCUT2D eigenvalue weighted by atomic mass is 9.93. The Morgan fingerprint density at radius 3 is 2.37 bits per heavy atom. The highest BCUT2D eigenvalue weighted by Crippen LogP contribution is 2.38. The maximum absolute atomic E-state index is 12.0. The number of amides is 1. The van der Waals surface area contributed by atoms with E-state index in [2.05, 4.69) is 36.6 Å². The van der Waals surface area contributed by atoms with E-state index in [0.717, 1.165) is 25.7 Å². The first-order valence-electron chi connectivity index (χ1n) is 12.2. The van der Waals surface area contributed by atoms with E-state index >= 15 is 0 Å². The number of aliphatic hydroxyl groups excluding tert-OH is 1. The maximum Gasteiger partial charge on any atom is 0.322 e. The Bertz CT molecular complexity index is 1130. The molecule has 0 bridgehead atoms. The van der Waals surface area contributed by atoms with Crippen molar-refractivity contribution >= 4 is 23.5 Å². The van der Waals surface area contributed by atoms with Crippen molar-refractivity contribution in [3.63, 3.8) is 0 Å². The summed E-state index contributed by atoms with van der Waals surface area (Å²) in [5.74, 6) is -2.35. The monoisotopic (exact) mass is 480 g/mol. The standard InChI is InChI=1S/C27H32N2O6/c1-3-15-9-17-11-19(12-18(17)10-16(15)4-2)28-14-22(30)20-5-7-23(35-26(34)13-25(32)33)27-21(20)6-8-24(31)29-27/h5,7,9-10,19,22,28,30H,3-4,6,8,11-14H2,1-2H3,(H,29,31)(H,32,33). The number of rotatable bonds is 9. The number of ether oxygens (including phenoxy) is 1. The first-order valence-corrected chi connectivity index (χ1v) is 12.2. The summed E-state index contributed by atoms with van der Waals surface area (Å²) >= 11 is 0. The summed E-state index contributed by atoms with van der Waals surface area (Å²) in [5.41, 5.74) is 7.24. The molecule has 4 N–H and O–H groups in total. The van der Waals surface area contributed by atoms with Crippen LogP contribution in [0.1, 0.15) is 66.2 Å². The Morgan fingerprint density at radius 2 is 1.77 bits per heavy atom. The Morgan fingerprint density at radius 1 is 1.11 bits per heavy atom. The normalized spacial score (nSPS) is 15.8. The van der Waals surface area contributed by atoms with Crippen LogP contribution in [0.2, 0.25) is 0 Å². The summed E-state index contributed by atoms with van der Waals surface area (Å²) in [4.78, 5) is 34.6. The Hall–Kier alpha value is -3.23. The van der Waals surface area contributed by atoms with Gasteiger partial charge in [0.05, 0.1) is 11.8 Å². The lowest BCUT2D eigenvalue weighted by Gasteiger charge is -2.25. The fraction of sp³-hybridized carbons (Fsp3) is 0.444. The fourth-order valence-electron chi connectivity index (χ4n) is 5.13. The number of nitrogens with one attached hydrogen (secondary N) is 2. The molecule has 35 heavy (non-hydrogen) atoms. The fourth-order valence-corrected chi connectivity index (χ4v) is 5.13. The molecule has 1 amide bonds. The van der Waals surface area contributed by atoms with E-state index in [1.807, 2.05) is 0 Å². The molecule has 1 aliphatic heterocycles. The summed E-state index contributed by atoms with van der Waals surface area (Å²) in [6.45, 7) is 4.71. The van der Waals surface area contributed by atoms with Crippen LogP contribution in [0.3, 0.4) is 0 Å². The lowest BCUT2D eigenvalue weighted by molar-refractivity contribution is -0.145. The summed E-state index contributed by atoms with van der Waals surface area (Å²) in [7, 11) is 0. The molecule has 1 aliphatic carbocycles. The molecule has 0 saturated heterocycles. The van der Waals surface area contributed by atoms with Crippen molar-refractivity contribution in [1.82, 2.24) is 5.32 Å². The molecule has 0 saturated carbocycles. The van der Waals surface area contributed by atoms with Gasteiger partial charge in [0.2, 0.25) is 5.91 Å². The molecule has 4 rings (SSSR count). The van der Waals surface area contributed by atoms with E-state index in [1.165, 1.54) is 28.3 Å². The van der Waals surface area contributed by atoms with Gasteiger partial charge in [0.25, 0.3) is 0 Å². The van der Waals surface area contributed by atoms with Gasteiger partial charge in [-0.2, -0.15) is 0 Å². The molecular formula is C27H32N2O6. The predicted octanol–water partition coefficient (Wildman–Crippen LogP) is 2.87. The summed E-state index contributed by atoms with van der Waals surface area (Å²) in [6.07, 6.45) is 2.95. The first kappa shape index (κ1) is 24.9. The zero-order valence-corrected chi connectivity index (χ0v) is 20.1. The molecule has 8 nitrogen and oxygen atoms in total. The van der Waals surface area contributed by atoms with Crippen molar-refractivity contribution in [3.8, 4) is 5.75 Å². The molecule has 186 valence electrons. The predicted molar refractivity (Wildman–Crippen MR) is 131 cm³/mol. The molecule has 0 radical (unpaired) electrons. The number of fused-ring (bicyclic) bond motifs is 2. The molecule has 1 unspecified atom stereocenters. The smallest absolute Gasteiger partial charge is 0.322 e. The van der Waals surface area contributed by atoms with Crippen molar-refractivity contribution in [1.29, 1.82) is 0 Å². The molecule has 0 fully saturated rings. The number of carbonyl (C=O) groups is 3. The van der Waals surface area contributed by atoms with E-state index < -0.39 is 24.5 Å². The second-order valence-corrected chi connectivity index (χ2v) is 9.23. The van der Waals surface area contributed by atoms with Crippen molar-refractivity contribution in [2.45, 2.75) is 70.9 Å². The molecule has 2 aromatic rings. The van der Waals surface area contributed by atoms with E-state index in [4.69, 9.17) is 9.84 Å². The average Bonchev–Trinajstić information content (AvgIpc) is 3.23. The van der Waals surface area contributed by atoms with Gasteiger partial charge in [-0.1, -0.05) is 32.0 Å². The summed E-state index contributed by atoms with van der Waals surface area (Å²) < 4.78 is 5.19. The van der Waals surface area contributed by atoms with Crippen LogP contribution in [-0.4, -0.2) is 40.6 Å². The third-order valence-electron chi connectivity index (χ3n) is 6.87. The van der Waals surface area contributed by atoms with Crippen molar-refractivity contribution in [2.75, 3.05) is 11.9 Å². The highest BCUT2D eigenvalue weighted by Gasteiger charge is 2.28. The number of aryl methyl sites for hydroxylation is 2. The third kappa shape index (κ3) is 5.55. The quantitative estimate of drug-likeness (QED) is 0.247. The van der Waals surface area contributed by atoms with Crippen LogP contribution in [0, 0.1) is 0 Å². The summed E-state index contributed by atoms with van der Waals surface area (Å²) in [6, 6.07) is 8.07. The second kappa shape index (κ2) is 10.6. The van der Waals surface area contributed by atoms with Crippen LogP contribution >= 0.6 is 0 Å². The molecular weight excluding hydrogens is 448 g/mol. The van der Waals surface area contributed by atoms with Crippen LogP contribution in [0.5, 0.6) is 5.75 Å². The highest BCUT2D eigenvalue weighted by molar-refractivity contribution is 5.97. The average molecular weight is 481 g/mol. The van der Waals surface area contributed by atoms with Crippen molar-refractivity contribution in [3.05, 3.63) is 57.6 Å². The van der Waals surface area contributed by atoms with Crippen LogP contribution in [-0.2, 0) is 46.5 Å². The van der Waals surface area contributed by atoms with E-state index in [0.29, 0.717) is 29.8 Å². The summed E-state index contributed by atoms with van der Waals surface area (Å²) in [5, 5.41) is 26.0. The van der Waals surface area contributed by atoms with Crippen LogP contribution in [0.25, 0.3) is 0 Å². The van der Waals surface area contributed by atoms with Gasteiger partial charge in [0, 0.05) is 19.0 Å². The number of esters is 1. The Kier molecular flexibility index (Phi) is 7.52. The number of carboxylic acids is 1. The number of aliphatic hydroxyl groups is 1. The molecule has 1 heterocycles. The van der Waals surface area contributed by atoms with Gasteiger partial charge in [-0.05, 0) is 71.6 Å². The Labute approximate surface area is 204 Å².